The second-order valence-corrected chi connectivity index (χ2v) is 7.50. The van der Waals surface area contributed by atoms with E-state index in [2.05, 4.69) is 41.8 Å². The molecular formula is C23H32N2O3. The molecule has 152 valence electrons. The fourth-order valence-electron chi connectivity index (χ4n) is 3.57. The Kier molecular flexibility index (Phi) is 7.18. The van der Waals surface area contributed by atoms with Gasteiger partial charge in [-0.15, -0.1) is 0 Å². The number of piperazine rings is 1. The third-order valence-electron chi connectivity index (χ3n) is 5.47. The van der Waals surface area contributed by atoms with Gasteiger partial charge in [0.15, 0.2) is 0 Å². The molecule has 5 heteroatoms. The first-order chi connectivity index (χ1) is 13.6. The van der Waals surface area contributed by atoms with Gasteiger partial charge in [-0.25, -0.2) is 0 Å². The molecule has 5 nitrogen and oxygen atoms in total. The maximum atomic E-state index is 10.4. The zero-order valence-electron chi connectivity index (χ0n) is 17.2. The monoisotopic (exact) mass is 384 g/mol. The maximum absolute atomic E-state index is 10.4. The van der Waals surface area contributed by atoms with E-state index in [1.165, 1.54) is 11.1 Å². The topological polar surface area (TPSA) is 45.2 Å². The van der Waals surface area contributed by atoms with E-state index in [1.54, 1.807) is 7.11 Å². The predicted octanol–water partition coefficient (Wildman–Crippen LogP) is 3.26. The molecule has 1 saturated heterocycles. The van der Waals surface area contributed by atoms with Crippen LogP contribution in [-0.4, -0.2) is 62.6 Å². The molecule has 0 radical (unpaired) electrons. The summed E-state index contributed by atoms with van der Waals surface area (Å²) in [7, 11) is 1.71. The van der Waals surface area contributed by atoms with E-state index >= 15 is 0 Å². The number of para-hydroxylation sites is 2. The van der Waals surface area contributed by atoms with E-state index in [4.69, 9.17) is 9.47 Å². The number of rotatable bonds is 8. The lowest BCUT2D eigenvalue weighted by molar-refractivity contribution is 0.0885. The second kappa shape index (κ2) is 9.80. The Morgan fingerprint density at radius 1 is 1.00 bits per heavy atom. The van der Waals surface area contributed by atoms with Gasteiger partial charge < -0.3 is 19.5 Å². The number of methoxy groups -OCH3 is 1. The Morgan fingerprint density at radius 2 is 1.75 bits per heavy atom. The molecule has 28 heavy (non-hydrogen) atoms. The number of aliphatic hydroxyl groups is 1. The average molecular weight is 385 g/mol. The van der Waals surface area contributed by atoms with Crippen molar-refractivity contribution in [2.24, 2.45) is 0 Å². The Labute approximate surface area is 168 Å². The van der Waals surface area contributed by atoms with Gasteiger partial charge in [0.2, 0.25) is 0 Å². The maximum Gasteiger partial charge on any atom is 0.142 e. The van der Waals surface area contributed by atoms with Crippen molar-refractivity contribution in [1.82, 2.24) is 4.90 Å². The number of aliphatic hydroxyl groups excluding tert-OH is 1. The lowest BCUT2D eigenvalue weighted by Crippen LogP contribution is -2.48. The number of aryl methyl sites for hydroxylation is 2. The number of anilines is 1. The van der Waals surface area contributed by atoms with Gasteiger partial charge in [-0.2, -0.15) is 0 Å². The Morgan fingerprint density at radius 3 is 2.46 bits per heavy atom. The summed E-state index contributed by atoms with van der Waals surface area (Å²) in [5.41, 5.74) is 3.64. The summed E-state index contributed by atoms with van der Waals surface area (Å²) in [6.45, 7) is 9.15. The van der Waals surface area contributed by atoms with Crippen molar-refractivity contribution >= 4 is 5.69 Å². The highest BCUT2D eigenvalue weighted by molar-refractivity contribution is 5.58. The number of hydrogen-bond donors (Lipinski definition) is 1. The third kappa shape index (κ3) is 5.40. The van der Waals surface area contributed by atoms with Crippen molar-refractivity contribution in [2.75, 3.05) is 51.3 Å². The van der Waals surface area contributed by atoms with E-state index in [-0.39, 0.29) is 6.10 Å². The average Bonchev–Trinajstić information content (AvgIpc) is 2.71. The summed E-state index contributed by atoms with van der Waals surface area (Å²) in [6.07, 6.45) is 0.268. The molecule has 0 spiro atoms. The highest BCUT2D eigenvalue weighted by Crippen LogP contribution is 2.28. The van der Waals surface area contributed by atoms with Gasteiger partial charge in [-0.05, 0) is 49.2 Å². The highest BCUT2D eigenvalue weighted by Gasteiger charge is 2.21. The fourth-order valence-corrected chi connectivity index (χ4v) is 3.57. The molecular weight excluding hydrogens is 352 g/mol. The molecule has 3 rings (SSSR count). The van der Waals surface area contributed by atoms with Crippen LogP contribution in [-0.2, 0) is 0 Å². The summed E-state index contributed by atoms with van der Waals surface area (Å²) >= 11 is 0. The van der Waals surface area contributed by atoms with Crippen LogP contribution in [0.2, 0.25) is 0 Å². The molecule has 2 aromatic rings. The minimum atomic E-state index is -0.371. The Balaban J connectivity index is 1.40. The number of β-amino-alcohol motifs (C(OH)–C–C–N with tert-alkyl or cyclic N) is 1. The van der Waals surface area contributed by atoms with Crippen LogP contribution in [0, 0.1) is 13.8 Å². The smallest absolute Gasteiger partial charge is 0.142 e. The van der Waals surface area contributed by atoms with Crippen molar-refractivity contribution in [1.29, 1.82) is 0 Å². The van der Waals surface area contributed by atoms with Gasteiger partial charge in [-0.3, -0.25) is 4.90 Å². The molecule has 1 fully saturated rings. The number of hydrogen-bond acceptors (Lipinski definition) is 5. The third-order valence-corrected chi connectivity index (χ3v) is 5.47. The highest BCUT2D eigenvalue weighted by atomic mass is 16.5. The first-order valence-electron chi connectivity index (χ1n) is 10.0. The molecule has 1 aliphatic heterocycles. The first-order valence-corrected chi connectivity index (χ1v) is 10.0. The van der Waals surface area contributed by atoms with Gasteiger partial charge in [0.25, 0.3) is 0 Å². The summed E-state index contributed by atoms with van der Waals surface area (Å²) in [5.74, 6) is 1.79. The van der Waals surface area contributed by atoms with Gasteiger partial charge in [0.05, 0.1) is 25.5 Å². The predicted molar refractivity (Wildman–Crippen MR) is 114 cm³/mol. The van der Waals surface area contributed by atoms with E-state index < -0.39 is 0 Å². The molecule has 0 bridgehead atoms. The molecule has 1 heterocycles. The van der Waals surface area contributed by atoms with E-state index in [0.29, 0.717) is 19.6 Å². The van der Waals surface area contributed by atoms with Crippen LogP contribution in [0.5, 0.6) is 11.5 Å². The molecule has 0 unspecified atom stereocenters. The van der Waals surface area contributed by atoms with Crippen molar-refractivity contribution < 1.29 is 14.6 Å². The number of benzene rings is 2. The molecule has 0 saturated carbocycles. The van der Waals surface area contributed by atoms with Crippen LogP contribution in [0.25, 0.3) is 0 Å². The van der Waals surface area contributed by atoms with Crippen LogP contribution < -0.4 is 14.4 Å². The zero-order chi connectivity index (χ0) is 19.9. The van der Waals surface area contributed by atoms with E-state index in [0.717, 1.165) is 43.4 Å². The van der Waals surface area contributed by atoms with Crippen molar-refractivity contribution in [3.05, 3.63) is 53.6 Å². The molecule has 1 N–H and O–H groups in total. The van der Waals surface area contributed by atoms with Crippen LogP contribution in [0.1, 0.15) is 17.5 Å². The first kappa shape index (κ1) is 20.5. The molecule has 0 aromatic heterocycles. The van der Waals surface area contributed by atoms with Crippen molar-refractivity contribution in [3.8, 4) is 11.5 Å². The summed E-state index contributed by atoms with van der Waals surface area (Å²) in [5, 5.41) is 10.4. The Bertz CT molecular complexity index is 757. The van der Waals surface area contributed by atoms with E-state index in [1.807, 2.05) is 24.3 Å². The van der Waals surface area contributed by atoms with Gasteiger partial charge in [0.1, 0.15) is 11.5 Å². The second-order valence-electron chi connectivity index (χ2n) is 7.50. The van der Waals surface area contributed by atoms with Crippen molar-refractivity contribution in [2.45, 2.75) is 26.4 Å². The minimum absolute atomic E-state index is 0.371. The van der Waals surface area contributed by atoms with E-state index in [9.17, 15) is 5.11 Å². The van der Waals surface area contributed by atoms with Crippen LogP contribution in [0.4, 0.5) is 5.69 Å². The molecule has 1 atom stereocenters. The minimum Gasteiger partial charge on any atom is -0.495 e. The quantitative estimate of drug-likeness (QED) is 0.757. The SMILES string of the molecule is COc1ccccc1N1CCN(C[C@@H](O)CCOc2ccc(C)c(C)c2)CC1. The van der Waals surface area contributed by atoms with Crippen LogP contribution in [0.15, 0.2) is 42.5 Å². The lowest BCUT2D eigenvalue weighted by Gasteiger charge is -2.37. The van der Waals surface area contributed by atoms with Gasteiger partial charge in [-0.1, -0.05) is 18.2 Å². The number of nitrogens with zero attached hydrogens (tertiary/aromatic N) is 2. The van der Waals surface area contributed by atoms with Gasteiger partial charge in [0, 0.05) is 39.1 Å². The van der Waals surface area contributed by atoms with Crippen LogP contribution in [0.3, 0.4) is 0 Å². The normalized spacial score (nSPS) is 16.1. The Hall–Kier alpha value is -2.24. The molecule has 1 aliphatic rings. The molecule has 0 aliphatic carbocycles. The standard InChI is InChI=1S/C23H32N2O3/c1-18-8-9-21(16-19(18)2)28-15-10-20(26)17-24-11-13-25(14-12-24)22-6-4-5-7-23(22)27-3/h4-9,16,20,26H,10-15,17H2,1-3H3/t20-/m0/s1. The molecule has 0 amide bonds. The summed E-state index contributed by atoms with van der Waals surface area (Å²) in [6, 6.07) is 14.3. The number of ether oxygens (including phenoxy) is 2. The van der Waals surface area contributed by atoms with Crippen LogP contribution >= 0.6 is 0 Å². The largest absolute Gasteiger partial charge is 0.495 e. The lowest BCUT2D eigenvalue weighted by atomic mass is 10.1. The summed E-state index contributed by atoms with van der Waals surface area (Å²) in [4.78, 5) is 4.68. The summed E-state index contributed by atoms with van der Waals surface area (Å²) < 4.78 is 11.3. The zero-order valence-corrected chi connectivity index (χ0v) is 17.2. The van der Waals surface area contributed by atoms with Gasteiger partial charge >= 0.3 is 0 Å². The van der Waals surface area contributed by atoms with Crippen molar-refractivity contribution in [3.63, 3.8) is 0 Å². The molecule has 2 aromatic carbocycles. The fraction of sp³-hybridized carbons (Fsp3) is 0.478.